The van der Waals surface area contributed by atoms with Crippen molar-refractivity contribution in [2.24, 2.45) is 0 Å². The van der Waals surface area contributed by atoms with Gasteiger partial charge in [0.1, 0.15) is 0 Å². The fourth-order valence-corrected chi connectivity index (χ4v) is 4.58. The van der Waals surface area contributed by atoms with Gasteiger partial charge in [-0.1, -0.05) is 24.9 Å². The van der Waals surface area contributed by atoms with Crippen LogP contribution in [0.1, 0.15) is 38.2 Å². The fraction of sp³-hybridized carbons (Fsp3) is 0.571. The summed E-state index contributed by atoms with van der Waals surface area (Å²) in [6, 6.07) is 5.06. The van der Waals surface area contributed by atoms with E-state index < -0.39 is 10.0 Å². The van der Waals surface area contributed by atoms with Crippen LogP contribution in [0.2, 0.25) is 5.02 Å². The van der Waals surface area contributed by atoms with Gasteiger partial charge in [0.2, 0.25) is 10.0 Å². The van der Waals surface area contributed by atoms with Gasteiger partial charge >= 0.3 is 0 Å². The molecule has 0 amide bonds. The van der Waals surface area contributed by atoms with Crippen LogP contribution in [-0.2, 0) is 10.0 Å². The molecule has 1 aliphatic heterocycles. The minimum absolute atomic E-state index is 0.134. The van der Waals surface area contributed by atoms with Crippen molar-refractivity contribution in [3.63, 3.8) is 0 Å². The second-order valence-corrected chi connectivity index (χ2v) is 7.38. The van der Waals surface area contributed by atoms with Crippen molar-refractivity contribution in [1.29, 1.82) is 0 Å². The largest absolute Gasteiger partial charge is 0.243 e. The van der Waals surface area contributed by atoms with Gasteiger partial charge in [0.15, 0.2) is 0 Å². The molecular weight excluding hydrogens is 282 g/mol. The molecule has 0 N–H and O–H groups in total. The molecule has 1 saturated heterocycles. The smallest absolute Gasteiger partial charge is 0.207 e. The molecule has 1 atom stereocenters. The number of aryl methyl sites for hydroxylation is 1. The quantitative estimate of drug-likeness (QED) is 0.855. The molecule has 1 aromatic rings. The maximum absolute atomic E-state index is 12.7. The normalized spacial score (nSPS) is 21.5. The van der Waals surface area contributed by atoms with E-state index in [-0.39, 0.29) is 6.04 Å². The van der Waals surface area contributed by atoms with Crippen molar-refractivity contribution in [2.45, 2.75) is 50.5 Å². The van der Waals surface area contributed by atoms with Gasteiger partial charge in [-0.05, 0) is 49.9 Å². The molecular formula is C14H20ClNO2S. The van der Waals surface area contributed by atoms with Gasteiger partial charge in [0.05, 0.1) is 4.90 Å². The van der Waals surface area contributed by atoms with Crippen molar-refractivity contribution in [2.75, 3.05) is 6.54 Å². The molecule has 0 aromatic heterocycles. The summed E-state index contributed by atoms with van der Waals surface area (Å²) in [4.78, 5) is 0.356. The lowest BCUT2D eigenvalue weighted by Crippen LogP contribution is -2.43. The molecule has 2 rings (SSSR count). The predicted octanol–water partition coefficient (Wildman–Crippen LogP) is 3.60. The van der Waals surface area contributed by atoms with E-state index in [0.29, 0.717) is 16.5 Å². The molecule has 5 heteroatoms. The molecule has 3 nitrogen and oxygen atoms in total. The summed E-state index contributed by atoms with van der Waals surface area (Å²) in [7, 11) is -3.39. The first-order valence-electron chi connectivity index (χ1n) is 6.75. The van der Waals surface area contributed by atoms with Gasteiger partial charge in [-0.2, -0.15) is 4.31 Å². The first-order valence-corrected chi connectivity index (χ1v) is 8.56. The van der Waals surface area contributed by atoms with E-state index >= 15 is 0 Å². The Labute approximate surface area is 120 Å². The molecule has 0 unspecified atom stereocenters. The molecule has 1 fully saturated rings. The lowest BCUT2D eigenvalue weighted by molar-refractivity contribution is 0.246. The van der Waals surface area contributed by atoms with Crippen molar-refractivity contribution in [3.8, 4) is 0 Å². The Hall–Kier alpha value is -0.580. The molecule has 0 aliphatic carbocycles. The van der Waals surface area contributed by atoms with Crippen LogP contribution in [-0.4, -0.2) is 25.3 Å². The Morgan fingerprint density at radius 3 is 2.74 bits per heavy atom. The topological polar surface area (TPSA) is 37.4 Å². The zero-order valence-electron chi connectivity index (χ0n) is 11.4. The molecule has 0 radical (unpaired) electrons. The zero-order chi connectivity index (χ0) is 14.0. The van der Waals surface area contributed by atoms with E-state index in [9.17, 15) is 8.42 Å². The van der Waals surface area contributed by atoms with Crippen molar-refractivity contribution < 1.29 is 8.42 Å². The number of halogens is 1. The highest BCUT2D eigenvalue weighted by molar-refractivity contribution is 7.89. The third-order valence-electron chi connectivity index (χ3n) is 3.78. The number of piperidine rings is 1. The summed E-state index contributed by atoms with van der Waals surface area (Å²) in [5, 5.41) is 0.602. The first kappa shape index (κ1) is 14.8. The van der Waals surface area contributed by atoms with Crippen LogP contribution in [0.15, 0.2) is 23.1 Å². The molecule has 1 aromatic carbocycles. The average Bonchev–Trinajstić information content (AvgIpc) is 2.41. The van der Waals surface area contributed by atoms with Crippen LogP contribution in [0, 0.1) is 6.92 Å². The highest BCUT2D eigenvalue weighted by atomic mass is 35.5. The van der Waals surface area contributed by atoms with E-state index in [0.717, 1.165) is 31.2 Å². The Morgan fingerprint density at radius 2 is 2.11 bits per heavy atom. The molecule has 1 aliphatic rings. The fourth-order valence-electron chi connectivity index (χ4n) is 2.61. The van der Waals surface area contributed by atoms with Crippen LogP contribution < -0.4 is 0 Å². The second kappa shape index (κ2) is 5.81. The molecule has 0 bridgehead atoms. The number of sulfonamides is 1. The summed E-state index contributed by atoms with van der Waals surface area (Å²) >= 11 is 5.96. The van der Waals surface area contributed by atoms with Crippen LogP contribution in [0.25, 0.3) is 0 Å². The first-order chi connectivity index (χ1) is 8.96. The van der Waals surface area contributed by atoms with Gasteiger partial charge in [-0.15, -0.1) is 0 Å². The van der Waals surface area contributed by atoms with Crippen LogP contribution in [0.3, 0.4) is 0 Å². The molecule has 0 saturated carbocycles. The van der Waals surface area contributed by atoms with Gasteiger partial charge in [-0.3, -0.25) is 0 Å². The number of hydrogen-bond donors (Lipinski definition) is 0. The van der Waals surface area contributed by atoms with Crippen LogP contribution in [0.5, 0.6) is 0 Å². The third-order valence-corrected chi connectivity index (χ3v) is 6.15. The van der Waals surface area contributed by atoms with Gasteiger partial charge in [0.25, 0.3) is 0 Å². The van der Waals surface area contributed by atoms with E-state index in [1.165, 1.54) is 0 Å². The summed E-state index contributed by atoms with van der Waals surface area (Å²) in [6.45, 7) is 4.50. The summed E-state index contributed by atoms with van der Waals surface area (Å²) < 4.78 is 27.1. The minimum atomic E-state index is -3.39. The summed E-state index contributed by atoms with van der Waals surface area (Å²) in [5.41, 5.74) is 0.799. The number of rotatable bonds is 3. The van der Waals surface area contributed by atoms with E-state index in [1.807, 2.05) is 13.8 Å². The Morgan fingerprint density at radius 1 is 1.37 bits per heavy atom. The number of hydrogen-bond acceptors (Lipinski definition) is 2. The lowest BCUT2D eigenvalue weighted by atomic mass is 10.0. The minimum Gasteiger partial charge on any atom is -0.207 e. The highest BCUT2D eigenvalue weighted by Gasteiger charge is 2.32. The SMILES string of the molecule is CC[C@@H]1CCCCN1S(=O)(=O)c1ccc(Cl)c(C)c1. The maximum atomic E-state index is 12.7. The second-order valence-electron chi connectivity index (χ2n) is 5.08. The zero-order valence-corrected chi connectivity index (χ0v) is 13.0. The Kier molecular flexibility index (Phi) is 4.54. The number of nitrogens with zero attached hydrogens (tertiary/aromatic N) is 1. The monoisotopic (exact) mass is 301 g/mol. The lowest BCUT2D eigenvalue weighted by Gasteiger charge is -2.34. The Balaban J connectivity index is 2.37. The van der Waals surface area contributed by atoms with Crippen molar-refractivity contribution >= 4 is 21.6 Å². The van der Waals surface area contributed by atoms with Crippen LogP contribution in [0.4, 0.5) is 0 Å². The predicted molar refractivity (Wildman–Crippen MR) is 78.0 cm³/mol. The maximum Gasteiger partial charge on any atom is 0.243 e. The van der Waals surface area contributed by atoms with Gasteiger partial charge in [-0.25, -0.2) is 8.42 Å². The highest BCUT2D eigenvalue weighted by Crippen LogP contribution is 2.28. The third kappa shape index (κ3) is 2.96. The van der Waals surface area contributed by atoms with E-state index in [4.69, 9.17) is 11.6 Å². The molecule has 0 spiro atoms. The van der Waals surface area contributed by atoms with Crippen molar-refractivity contribution in [1.82, 2.24) is 4.31 Å². The Bertz CT molecular complexity index is 557. The standard InChI is InChI=1S/C14H20ClNO2S/c1-3-12-6-4-5-9-16(12)19(17,18)13-7-8-14(15)11(2)10-13/h7-8,10,12H,3-6,9H2,1-2H3/t12-/m1/s1. The van der Waals surface area contributed by atoms with E-state index in [1.54, 1.807) is 22.5 Å². The molecule has 1 heterocycles. The van der Waals surface area contributed by atoms with Crippen LogP contribution >= 0.6 is 11.6 Å². The number of benzene rings is 1. The van der Waals surface area contributed by atoms with Gasteiger partial charge in [0, 0.05) is 17.6 Å². The molecule has 106 valence electrons. The van der Waals surface area contributed by atoms with Crippen molar-refractivity contribution in [3.05, 3.63) is 28.8 Å². The van der Waals surface area contributed by atoms with E-state index in [2.05, 4.69) is 0 Å². The van der Waals surface area contributed by atoms with Gasteiger partial charge < -0.3 is 0 Å². The summed E-state index contributed by atoms with van der Waals surface area (Å²) in [6.07, 6.45) is 3.89. The average molecular weight is 302 g/mol. The summed E-state index contributed by atoms with van der Waals surface area (Å²) in [5.74, 6) is 0. The molecule has 19 heavy (non-hydrogen) atoms.